The Balaban J connectivity index is 2.50. The Hall–Kier alpha value is -0.263. The summed E-state index contributed by atoms with van der Waals surface area (Å²) in [6.45, 7) is 11.3. The molecular formula is C11H20OSi. The highest BCUT2D eigenvalue weighted by atomic mass is 28.4. The third-order valence-corrected chi connectivity index (χ3v) is 7.70. The van der Waals surface area contributed by atoms with Gasteiger partial charge in [0, 0.05) is 5.92 Å². The van der Waals surface area contributed by atoms with E-state index in [0.717, 1.165) is 6.42 Å². The van der Waals surface area contributed by atoms with Crippen LogP contribution in [-0.2, 0) is 4.43 Å². The van der Waals surface area contributed by atoms with E-state index in [1.165, 1.54) is 0 Å². The number of rotatable bonds is 2. The average molecular weight is 196 g/mol. The maximum Gasteiger partial charge on any atom is 0.192 e. The summed E-state index contributed by atoms with van der Waals surface area (Å²) in [6, 6.07) is 0. The van der Waals surface area contributed by atoms with E-state index in [1.807, 2.05) is 0 Å². The van der Waals surface area contributed by atoms with E-state index in [9.17, 15) is 0 Å². The minimum Gasteiger partial charge on any atom is -0.413 e. The van der Waals surface area contributed by atoms with Crippen LogP contribution in [-0.4, -0.2) is 14.4 Å². The molecule has 0 amide bonds. The maximum atomic E-state index is 6.11. The highest BCUT2D eigenvalue weighted by Crippen LogP contribution is 2.43. The predicted molar refractivity (Wildman–Crippen MR) is 59.0 cm³/mol. The molecule has 0 aromatic carbocycles. The van der Waals surface area contributed by atoms with Crippen LogP contribution in [0.2, 0.25) is 18.1 Å². The fraction of sp³-hybridized carbons (Fsp3) is 0.818. The van der Waals surface area contributed by atoms with E-state index in [1.54, 1.807) is 0 Å². The van der Waals surface area contributed by atoms with Gasteiger partial charge in [-0.1, -0.05) is 20.8 Å². The molecule has 0 radical (unpaired) electrons. The first-order valence-corrected chi connectivity index (χ1v) is 7.83. The molecule has 0 aromatic heterocycles. The summed E-state index contributed by atoms with van der Waals surface area (Å²) < 4.78 is 6.11. The van der Waals surface area contributed by atoms with Gasteiger partial charge >= 0.3 is 0 Å². The summed E-state index contributed by atoms with van der Waals surface area (Å²) in [5, 5.41) is 0.300. The summed E-state index contributed by atoms with van der Waals surface area (Å²) in [5.41, 5.74) is 0. The molecule has 0 aromatic rings. The lowest BCUT2D eigenvalue weighted by atomic mass is 10.2. The Bertz CT molecular complexity index is 231. The molecule has 1 nitrogen and oxygen atoms in total. The molecule has 0 unspecified atom stereocenters. The van der Waals surface area contributed by atoms with Gasteiger partial charge in [0.1, 0.15) is 0 Å². The van der Waals surface area contributed by atoms with Crippen LogP contribution in [0.15, 0.2) is 0 Å². The second-order valence-electron chi connectivity index (χ2n) is 5.43. The summed E-state index contributed by atoms with van der Waals surface area (Å²) in [6.07, 6.45) is 6.78. The van der Waals surface area contributed by atoms with E-state index in [-0.39, 0.29) is 0 Å². The molecule has 0 heterocycles. The second kappa shape index (κ2) is 3.15. The standard InChI is InChI=1S/C11H20OSi/c1-7-9-8-10(9)12-13(5,6)11(2,3)4/h1,9-10H,8H2,2-6H3/t9-,10+/m0/s1. The van der Waals surface area contributed by atoms with Crippen molar-refractivity contribution in [2.24, 2.45) is 5.92 Å². The van der Waals surface area contributed by atoms with E-state index in [2.05, 4.69) is 39.8 Å². The molecule has 74 valence electrons. The normalized spacial score (nSPS) is 28.3. The van der Waals surface area contributed by atoms with Gasteiger partial charge in [0.15, 0.2) is 8.32 Å². The Morgan fingerprint density at radius 2 is 1.92 bits per heavy atom. The van der Waals surface area contributed by atoms with Gasteiger partial charge in [-0.25, -0.2) is 0 Å². The van der Waals surface area contributed by atoms with E-state index >= 15 is 0 Å². The van der Waals surface area contributed by atoms with Gasteiger partial charge in [-0.3, -0.25) is 0 Å². The number of hydrogen-bond acceptors (Lipinski definition) is 1. The lowest BCUT2D eigenvalue weighted by molar-refractivity contribution is 0.265. The van der Waals surface area contributed by atoms with Gasteiger partial charge in [0.05, 0.1) is 6.10 Å². The van der Waals surface area contributed by atoms with Crippen LogP contribution in [0.1, 0.15) is 27.2 Å². The lowest BCUT2D eigenvalue weighted by Crippen LogP contribution is -2.41. The monoisotopic (exact) mass is 196 g/mol. The molecule has 0 N–H and O–H groups in total. The van der Waals surface area contributed by atoms with Crippen LogP contribution in [0.5, 0.6) is 0 Å². The zero-order valence-corrected chi connectivity index (χ0v) is 10.3. The third-order valence-electron chi connectivity index (χ3n) is 3.20. The molecule has 2 atom stereocenters. The maximum absolute atomic E-state index is 6.11. The summed E-state index contributed by atoms with van der Waals surface area (Å²) in [7, 11) is -1.56. The van der Waals surface area contributed by atoms with Crippen LogP contribution in [0.3, 0.4) is 0 Å². The Morgan fingerprint density at radius 3 is 2.23 bits per heavy atom. The van der Waals surface area contributed by atoms with Gasteiger partial charge in [0.25, 0.3) is 0 Å². The Labute approximate surface area is 83.0 Å². The van der Waals surface area contributed by atoms with Gasteiger partial charge < -0.3 is 4.43 Å². The van der Waals surface area contributed by atoms with E-state index in [0.29, 0.717) is 17.1 Å². The molecule has 2 heteroatoms. The molecule has 0 spiro atoms. The van der Waals surface area contributed by atoms with Crippen molar-refractivity contribution in [1.29, 1.82) is 0 Å². The zero-order valence-electron chi connectivity index (χ0n) is 9.35. The predicted octanol–water partition coefficient (Wildman–Crippen LogP) is 3.03. The SMILES string of the molecule is C#C[C@H]1C[C@H]1O[Si](C)(C)C(C)(C)C. The van der Waals surface area contributed by atoms with Crippen molar-refractivity contribution in [3.05, 3.63) is 0 Å². The van der Waals surface area contributed by atoms with E-state index in [4.69, 9.17) is 10.8 Å². The highest BCUT2D eigenvalue weighted by molar-refractivity contribution is 6.74. The van der Waals surface area contributed by atoms with Crippen molar-refractivity contribution in [2.75, 3.05) is 0 Å². The van der Waals surface area contributed by atoms with Crippen LogP contribution in [0.25, 0.3) is 0 Å². The highest BCUT2D eigenvalue weighted by Gasteiger charge is 2.46. The van der Waals surface area contributed by atoms with Crippen LogP contribution < -0.4 is 0 Å². The van der Waals surface area contributed by atoms with Gasteiger partial charge in [0.2, 0.25) is 0 Å². The molecule has 1 rings (SSSR count). The largest absolute Gasteiger partial charge is 0.413 e. The number of hydrogen-bond donors (Lipinski definition) is 0. The summed E-state index contributed by atoms with van der Waals surface area (Å²) >= 11 is 0. The van der Waals surface area contributed by atoms with Crippen LogP contribution in [0, 0.1) is 18.3 Å². The first-order valence-electron chi connectivity index (χ1n) is 4.92. The first-order chi connectivity index (χ1) is 5.78. The Kier molecular flexibility index (Phi) is 2.62. The molecular weight excluding hydrogens is 176 g/mol. The van der Waals surface area contributed by atoms with Crippen molar-refractivity contribution in [1.82, 2.24) is 0 Å². The van der Waals surface area contributed by atoms with Gasteiger partial charge in [-0.2, -0.15) is 0 Å². The second-order valence-corrected chi connectivity index (χ2v) is 10.2. The number of terminal acetylenes is 1. The van der Waals surface area contributed by atoms with Crippen molar-refractivity contribution in [3.63, 3.8) is 0 Å². The first kappa shape index (κ1) is 10.8. The fourth-order valence-electron chi connectivity index (χ4n) is 1.03. The van der Waals surface area contributed by atoms with Crippen molar-refractivity contribution in [2.45, 2.75) is 51.4 Å². The minimum atomic E-state index is -1.56. The lowest BCUT2D eigenvalue weighted by Gasteiger charge is -2.36. The molecule has 13 heavy (non-hydrogen) atoms. The van der Waals surface area contributed by atoms with Gasteiger partial charge in [-0.05, 0) is 24.6 Å². The Morgan fingerprint density at radius 1 is 1.38 bits per heavy atom. The molecule has 1 fully saturated rings. The molecule has 1 aliphatic carbocycles. The average Bonchev–Trinajstić information content (AvgIpc) is 2.63. The minimum absolute atomic E-state index is 0.300. The van der Waals surface area contributed by atoms with Crippen molar-refractivity contribution in [3.8, 4) is 12.3 Å². The van der Waals surface area contributed by atoms with E-state index < -0.39 is 8.32 Å². The summed E-state index contributed by atoms with van der Waals surface area (Å²) in [5.74, 6) is 3.16. The molecule has 0 aliphatic heterocycles. The topological polar surface area (TPSA) is 9.23 Å². The molecule has 1 aliphatic rings. The molecule has 0 bridgehead atoms. The molecule has 0 saturated heterocycles. The van der Waals surface area contributed by atoms with Crippen molar-refractivity contribution < 1.29 is 4.43 Å². The third kappa shape index (κ3) is 2.36. The fourth-order valence-corrected chi connectivity index (χ4v) is 2.40. The zero-order chi connectivity index (χ0) is 10.3. The smallest absolute Gasteiger partial charge is 0.192 e. The van der Waals surface area contributed by atoms with Crippen LogP contribution >= 0.6 is 0 Å². The van der Waals surface area contributed by atoms with Crippen LogP contribution in [0.4, 0.5) is 0 Å². The van der Waals surface area contributed by atoms with Gasteiger partial charge in [-0.15, -0.1) is 12.3 Å². The molecule has 1 saturated carbocycles. The van der Waals surface area contributed by atoms with Crippen molar-refractivity contribution >= 4 is 8.32 Å². The quantitative estimate of drug-likeness (QED) is 0.487. The summed E-state index contributed by atoms with van der Waals surface area (Å²) in [4.78, 5) is 0.